The normalized spacial score (nSPS) is 14.7. The van der Waals surface area contributed by atoms with E-state index in [-0.39, 0.29) is 5.56 Å². The lowest BCUT2D eigenvalue weighted by Crippen LogP contribution is -2.49. The molecule has 10 nitrogen and oxygen atoms in total. The first-order valence-corrected chi connectivity index (χ1v) is 10.0. The molecule has 1 saturated heterocycles. The molecular formula is C23H17N7O3. The minimum absolute atomic E-state index is 0.254. The maximum atomic E-state index is 13.6. The molecule has 5 rings (SSSR count). The molecule has 0 aliphatic carbocycles. The topological polar surface area (TPSA) is 122 Å². The zero-order valence-electron chi connectivity index (χ0n) is 17.1. The number of urea groups is 1. The molecule has 162 valence electrons. The zero-order valence-corrected chi connectivity index (χ0v) is 17.1. The first kappa shape index (κ1) is 20.1. The summed E-state index contributed by atoms with van der Waals surface area (Å²) >= 11 is 0. The predicted octanol–water partition coefficient (Wildman–Crippen LogP) is 1.80. The van der Waals surface area contributed by atoms with Gasteiger partial charge in [-0.2, -0.15) is 5.01 Å². The molecule has 4 aromatic rings. The van der Waals surface area contributed by atoms with E-state index in [2.05, 4.69) is 26.3 Å². The van der Waals surface area contributed by atoms with Crippen LogP contribution in [-0.4, -0.2) is 43.1 Å². The van der Waals surface area contributed by atoms with Crippen LogP contribution in [-0.2, 0) is 10.3 Å². The van der Waals surface area contributed by atoms with Gasteiger partial charge in [0.1, 0.15) is 6.33 Å². The van der Waals surface area contributed by atoms with Gasteiger partial charge in [0.25, 0.3) is 11.8 Å². The lowest BCUT2D eigenvalue weighted by Gasteiger charge is -2.27. The molecule has 3 aromatic carbocycles. The predicted molar refractivity (Wildman–Crippen MR) is 116 cm³/mol. The van der Waals surface area contributed by atoms with E-state index in [0.29, 0.717) is 16.8 Å². The summed E-state index contributed by atoms with van der Waals surface area (Å²) in [6.07, 6.45) is 1.43. The fourth-order valence-electron chi connectivity index (χ4n) is 3.78. The number of hydrogen-bond donors (Lipinski definition) is 2. The molecule has 1 aromatic heterocycles. The fourth-order valence-corrected chi connectivity index (χ4v) is 3.78. The van der Waals surface area contributed by atoms with Crippen LogP contribution in [0.5, 0.6) is 0 Å². The molecule has 10 heteroatoms. The van der Waals surface area contributed by atoms with Crippen molar-refractivity contribution in [2.45, 2.75) is 5.54 Å². The molecule has 4 amide bonds. The van der Waals surface area contributed by atoms with Crippen molar-refractivity contribution < 1.29 is 14.4 Å². The van der Waals surface area contributed by atoms with Gasteiger partial charge < -0.3 is 5.32 Å². The third kappa shape index (κ3) is 3.39. The molecular weight excluding hydrogens is 422 g/mol. The number of benzene rings is 3. The van der Waals surface area contributed by atoms with E-state index in [1.807, 2.05) is 12.1 Å². The summed E-state index contributed by atoms with van der Waals surface area (Å²) in [5, 5.41) is 14.4. The smallest absolute Gasteiger partial charge is 0.314 e. The quantitative estimate of drug-likeness (QED) is 0.457. The summed E-state index contributed by atoms with van der Waals surface area (Å²) in [5.41, 5.74) is 3.03. The molecule has 0 atom stereocenters. The minimum atomic E-state index is -1.46. The van der Waals surface area contributed by atoms with Gasteiger partial charge in [-0.1, -0.05) is 60.7 Å². The minimum Gasteiger partial charge on any atom is -0.314 e. The summed E-state index contributed by atoms with van der Waals surface area (Å²) in [4.78, 5) is 39.3. The molecule has 0 unspecified atom stereocenters. The van der Waals surface area contributed by atoms with Crippen molar-refractivity contribution in [3.63, 3.8) is 0 Å². The highest BCUT2D eigenvalue weighted by molar-refractivity contribution is 6.11. The van der Waals surface area contributed by atoms with E-state index in [4.69, 9.17) is 0 Å². The Morgan fingerprint density at radius 3 is 2.00 bits per heavy atom. The number of nitrogens with one attached hydrogen (secondary N) is 2. The number of rotatable bonds is 5. The van der Waals surface area contributed by atoms with E-state index in [1.165, 1.54) is 11.0 Å². The van der Waals surface area contributed by atoms with Gasteiger partial charge >= 0.3 is 6.03 Å². The second-order valence-corrected chi connectivity index (χ2v) is 7.29. The SMILES string of the molecule is O=C(NN1C(=O)NC(c2ccccc2)(c2ccccc2)C1=O)c1ccc(-n2cnnn2)cc1. The highest BCUT2D eigenvalue weighted by Crippen LogP contribution is 2.35. The molecule has 0 radical (unpaired) electrons. The number of nitrogens with zero attached hydrogens (tertiary/aromatic N) is 5. The molecule has 1 fully saturated rings. The van der Waals surface area contributed by atoms with Crippen molar-refractivity contribution in [1.29, 1.82) is 0 Å². The molecule has 2 heterocycles. The highest BCUT2D eigenvalue weighted by Gasteiger charge is 2.54. The van der Waals surface area contributed by atoms with Gasteiger partial charge in [0.05, 0.1) is 5.69 Å². The molecule has 0 bridgehead atoms. The van der Waals surface area contributed by atoms with Crippen molar-refractivity contribution >= 4 is 17.8 Å². The lowest BCUT2D eigenvalue weighted by molar-refractivity contribution is -0.131. The number of carbonyl (C=O) groups excluding carboxylic acids is 3. The third-order valence-electron chi connectivity index (χ3n) is 5.39. The van der Waals surface area contributed by atoms with E-state index in [0.717, 1.165) is 5.01 Å². The van der Waals surface area contributed by atoms with E-state index >= 15 is 0 Å². The van der Waals surface area contributed by atoms with Crippen molar-refractivity contribution in [3.8, 4) is 5.69 Å². The lowest BCUT2D eigenvalue weighted by atomic mass is 9.83. The summed E-state index contributed by atoms with van der Waals surface area (Å²) in [5.74, 6) is -1.22. The van der Waals surface area contributed by atoms with Crippen molar-refractivity contribution in [3.05, 3.63) is 108 Å². The molecule has 0 spiro atoms. The Bertz CT molecular complexity index is 1270. The van der Waals surface area contributed by atoms with Crippen LogP contribution in [0, 0.1) is 0 Å². The number of aromatic nitrogens is 4. The van der Waals surface area contributed by atoms with Crippen LogP contribution in [0.2, 0.25) is 0 Å². The number of imide groups is 1. The largest absolute Gasteiger partial charge is 0.344 e. The number of hydrogen-bond acceptors (Lipinski definition) is 6. The molecule has 1 aliphatic heterocycles. The highest BCUT2D eigenvalue weighted by atomic mass is 16.2. The first-order chi connectivity index (χ1) is 16.1. The summed E-state index contributed by atoms with van der Waals surface area (Å²) in [6, 6.07) is 23.5. The number of carbonyl (C=O) groups is 3. The Morgan fingerprint density at radius 2 is 1.45 bits per heavy atom. The summed E-state index contributed by atoms with van der Waals surface area (Å²) in [6.45, 7) is 0. The summed E-state index contributed by atoms with van der Waals surface area (Å²) < 4.78 is 1.44. The molecule has 33 heavy (non-hydrogen) atoms. The van der Waals surface area contributed by atoms with Crippen LogP contribution in [0.1, 0.15) is 21.5 Å². The van der Waals surface area contributed by atoms with E-state index < -0.39 is 23.4 Å². The zero-order chi connectivity index (χ0) is 22.8. The van der Waals surface area contributed by atoms with Crippen molar-refractivity contribution in [1.82, 2.24) is 36.0 Å². The van der Waals surface area contributed by atoms with Crippen molar-refractivity contribution in [2.24, 2.45) is 0 Å². The maximum absolute atomic E-state index is 13.6. The van der Waals surface area contributed by atoms with Crippen LogP contribution in [0.25, 0.3) is 5.69 Å². The molecule has 1 aliphatic rings. The Labute approximate surface area is 187 Å². The Morgan fingerprint density at radius 1 is 0.848 bits per heavy atom. The van der Waals surface area contributed by atoms with E-state index in [1.54, 1.807) is 72.8 Å². The monoisotopic (exact) mass is 439 g/mol. The molecule has 0 saturated carbocycles. The number of amides is 4. The summed E-state index contributed by atoms with van der Waals surface area (Å²) in [7, 11) is 0. The van der Waals surface area contributed by atoms with Gasteiger partial charge in [0.2, 0.25) is 0 Å². The Hall–Kier alpha value is -4.86. The maximum Gasteiger partial charge on any atom is 0.344 e. The molecule has 2 N–H and O–H groups in total. The second kappa shape index (κ2) is 8.00. The average molecular weight is 439 g/mol. The Kier molecular flexibility index (Phi) is 4.87. The van der Waals surface area contributed by atoms with Crippen molar-refractivity contribution in [2.75, 3.05) is 0 Å². The first-order valence-electron chi connectivity index (χ1n) is 10.0. The number of tetrazole rings is 1. The van der Waals surface area contributed by atoms with Crippen LogP contribution in [0.15, 0.2) is 91.3 Å². The third-order valence-corrected chi connectivity index (χ3v) is 5.39. The van der Waals surface area contributed by atoms with Gasteiger partial charge in [-0.3, -0.25) is 15.0 Å². The fraction of sp³-hybridized carbons (Fsp3) is 0.0435. The average Bonchev–Trinajstić information content (AvgIpc) is 3.49. The Balaban J connectivity index is 1.44. The van der Waals surface area contributed by atoms with E-state index in [9.17, 15) is 14.4 Å². The van der Waals surface area contributed by atoms with Crippen LogP contribution in [0.4, 0.5) is 4.79 Å². The van der Waals surface area contributed by atoms with Crippen LogP contribution >= 0.6 is 0 Å². The van der Waals surface area contributed by atoms with Gasteiger partial charge in [0.15, 0.2) is 5.54 Å². The van der Waals surface area contributed by atoms with Gasteiger partial charge in [-0.15, -0.1) is 5.10 Å². The van der Waals surface area contributed by atoms with Crippen LogP contribution in [0.3, 0.4) is 0 Å². The standard InChI is InChI=1S/C23H17N7O3/c31-20(16-11-13-19(14-12-16)29-15-24-27-28-29)26-30-21(32)23(25-22(30)33,17-7-3-1-4-8-17)18-9-5-2-6-10-18/h1-15H,(H,25,33)(H,26,31). The van der Waals surface area contributed by atoms with Gasteiger partial charge in [0, 0.05) is 5.56 Å². The second-order valence-electron chi connectivity index (χ2n) is 7.29. The van der Waals surface area contributed by atoms with Gasteiger partial charge in [-0.25, -0.2) is 9.48 Å². The number of hydrazine groups is 1. The van der Waals surface area contributed by atoms with Crippen LogP contribution < -0.4 is 10.7 Å². The van der Waals surface area contributed by atoms with Gasteiger partial charge in [-0.05, 0) is 45.8 Å².